The van der Waals surface area contributed by atoms with Crippen LogP contribution in [0.25, 0.3) is 6.08 Å². The highest BCUT2D eigenvalue weighted by atomic mass is 32.2. The number of likely N-dealkylation sites (N-methyl/N-ethyl adjacent to an activating group) is 1. The largest absolute Gasteiger partial charge is 0.479 e. The van der Waals surface area contributed by atoms with Gasteiger partial charge in [0.15, 0.2) is 11.8 Å². The summed E-state index contributed by atoms with van der Waals surface area (Å²) < 4.78 is 5.26. The Hall–Kier alpha value is -3.04. The number of amides is 1. The highest BCUT2D eigenvalue weighted by Gasteiger charge is 2.32. The third kappa shape index (κ3) is 4.44. The van der Waals surface area contributed by atoms with Crippen molar-refractivity contribution in [2.45, 2.75) is 20.8 Å². The summed E-state index contributed by atoms with van der Waals surface area (Å²) >= 11 is 1.38. The molecule has 0 spiro atoms. The highest BCUT2D eigenvalue weighted by molar-refractivity contribution is 8.18. The molecule has 28 heavy (non-hydrogen) atoms. The predicted molar refractivity (Wildman–Crippen MR) is 114 cm³/mol. The third-order valence-corrected chi connectivity index (χ3v) is 5.41. The molecule has 3 rings (SSSR count). The number of hydrogen-bond donors (Lipinski definition) is 0. The Labute approximate surface area is 169 Å². The third-order valence-electron chi connectivity index (χ3n) is 4.40. The molecule has 0 N–H and O–H groups in total. The van der Waals surface area contributed by atoms with Crippen molar-refractivity contribution in [1.82, 2.24) is 4.90 Å². The van der Waals surface area contributed by atoms with Crippen LogP contribution in [0.4, 0.5) is 5.69 Å². The van der Waals surface area contributed by atoms with Crippen LogP contribution in [0.5, 0.6) is 5.75 Å². The summed E-state index contributed by atoms with van der Waals surface area (Å²) in [6.45, 7) is 6.64. The summed E-state index contributed by atoms with van der Waals surface area (Å²) in [7, 11) is 0. The van der Waals surface area contributed by atoms with E-state index in [4.69, 9.17) is 15.0 Å². The number of ether oxygens (including phenoxy) is 1. The minimum Gasteiger partial charge on any atom is -0.479 e. The van der Waals surface area contributed by atoms with Crippen LogP contribution >= 0.6 is 11.8 Å². The fourth-order valence-electron chi connectivity index (χ4n) is 2.70. The quantitative estimate of drug-likeness (QED) is 0.685. The molecule has 0 aliphatic carbocycles. The van der Waals surface area contributed by atoms with Crippen LogP contribution in [0.3, 0.4) is 0 Å². The first-order valence-corrected chi connectivity index (χ1v) is 9.80. The van der Waals surface area contributed by atoms with Crippen LogP contribution < -0.4 is 4.74 Å². The molecular formula is C22H21N3O2S. The Balaban J connectivity index is 1.84. The van der Waals surface area contributed by atoms with Crippen molar-refractivity contribution in [3.8, 4) is 11.8 Å². The van der Waals surface area contributed by atoms with Gasteiger partial charge in [-0.2, -0.15) is 5.26 Å². The number of nitriles is 1. The molecule has 142 valence electrons. The van der Waals surface area contributed by atoms with E-state index in [-0.39, 0.29) is 12.5 Å². The number of hydrogen-bond acceptors (Lipinski definition) is 5. The van der Waals surface area contributed by atoms with Gasteiger partial charge >= 0.3 is 0 Å². The normalized spacial score (nSPS) is 16.6. The minimum absolute atomic E-state index is 0.0124. The molecular weight excluding hydrogens is 370 g/mol. The summed E-state index contributed by atoms with van der Waals surface area (Å²) in [4.78, 5) is 19.8. The van der Waals surface area contributed by atoms with Crippen molar-refractivity contribution in [1.29, 1.82) is 5.26 Å². The summed E-state index contributed by atoms with van der Waals surface area (Å²) in [5, 5.41) is 9.26. The molecule has 0 radical (unpaired) electrons. The van der Waals surface area contributed by atoms with E-state index < -0.39 is 0 Å². The van der Waals surface area contributed by atoms with E-state index in [0.717, 1.165) is 11.3 Å². The number of thioether (sulfide) groups is 1. The lowest BCUT2D eigenvalue weighted by atomic mass is 10.1. The zero-order chi connectivity index (χ0) is 20.1. The van der Waals surface area contributed by atoms with Gasteiger partial charge in [0.1, 0.15) is 11.8 Å². The standard InChI is InChI=1S/C22H21N3O2S/c1-4-25-21(26)20(14-17-6-9-19(10-7-17)27-12-11-23)28-22(25)24-18-8-5-15(2)16(3)13-18/h5-10,13-14H,4,12H2,1-3H3/b20-14+,24-22?. The SMILES string of the molecule is CCN1C(=O)/C(=C\c2ccc(OCC#N)cc2)SC1=Nc1ccc(C)c(C)c1. The van der Waals surface area contributed by atoms with Crippen LogP contribution in [0.2, 0.25) is 0 Å². The van der Waals surface area contributed by atoms with Gasteiger partial charge < -0.3 is 4.74 Å². The van der Waals surface area contributed by atoms with Gasteiger partial charge in [0, 0.05) is 6.54 Å². The first-order valence-electron chi connectivity index (χ1n) is 8.99. The maximum Gasteiger partial charge on any atom is 0.266 e. The van der Waals surface area contributed by atoms with Gasteiger partial charge in [-0.25, -0.2) is 4.99 Å². The summed E-state index contributed by atoms with van der Waals surface area (Å²) in [5.74, 6) is 0.584. The molecule has 2 aromatic carbocycles. The summed E-state index contributed by atoms with van der Waals surface area (Å²) in [6.07, 6.45) is 1.85. The van der Waals surface area contributed by atoms with E-state index in [1.165, 1.54) is 22.9 Å². The molecule has 0 saturated carbocycles. The van der Waals surface area contributed by atoms with Crippen LogP contribution in [-0.4, -0.2) is 29.1 Å². The van der Waals surface area contributed by atoms with Crippen molar-refractivity contribution >= 4 is 34.6 Å². The molecule has 0 unspecified atom stereocenters. The van der Waals surface area contributed by atoms with E-state index in [1.54, 1.807) is 17.0 Å². The molecule has 0 bridgehead atoms. The number of carbonyl (C=O) groups excluding carboxylic acids is 1. The Morgan fingerprint density at radius 1 is 1.18 bits per heavy atom. The molecule has 1 heterocycles. The average molecular weight is 391 g/mol. The van der Waals surface area contributed by atoms with Crippen molar-refractivity contribution in [3.05, 3.63) is 64.1 Å². The number of aryl methyl sites for hydroxylation is 2. The molecule has 1 saturated heterocycles. The number of rotatable bonds is 5. The fraction of sp³-hybridized carbons (Fsp3) is 0.227. The molecule has 6 heteroatoms. The molecule has 1 fully saturated rings. The zero-order valence-electron chi connectivity index (χ0n) is 16.1. The van der Waals surface area contributed by atoms with E-state index in [0.29, 0.717) is 22.4 Å². The van der Waals surface area contributed by atoms with Crippen LogP contribution in [0, 0.1) is 25.2 Å². The molecule has 1 aliphatic heterocycles. The van der Waals surface area contributed by atoms with Gasteiger partial charge in [-0.1, -0.05) is 18.2 Å². The number of amidine groups is 1. The van der Waals surface area contributed by atoms with E-state index >= 15 is 0 Å². The first-order chi connectivity index (χ1) is 13.5. The molecule has 0 aromatic heterocycles. The van der Waals surface area contributed by atoms with Crippen LogP contribution in [0.1, 0.15) is 23.6 Å². The lowest BCUT2D eigenvalue weighted by molar-refractivity contribution is -0.122. The Kier molecular flexibility index (Phi) is 6.17. The number of aliphatic imine (C=N–C) groups is 1. The highest BCUT2D eigenvalue weighted by Crippen LogP contribution is 2.34. The fourth-order valence-corrected chi connectivity index (χ4v) is 3.77. The topological polar surface area (TPSA) is 65.7 Å². The number of nitrogens with zero attached hydrogens (tertiary/aromatic N) is 3. The summed E-state index contributed by atoms with van der Waals surface area (Å²) in [6, 6.07) is 15.3. The van der Waals surface area contributed by atoms with E-state index in [1.807, 2.05) is 49.4 Å². The second-order valence-electron chi connectivity index (χ2n) is 6.34. The van der Waals surface area contributed by atoms with E-state index in [2.05, 4.69) is 13.8 Å². The molecule has 2 aromatic rings. The molecule has 1 amide bonds. The van der Waals surface area contributed by atoms with Gasteiger partial charge in [-0.15, -0.1) is 0 Å². The maximum atomic E-state index is 12.8. The van der Waals surface area contributed by atoms with Crippen LogP contribution in [-0.2, 0) is 4.79 Å². The molecule has 5 nitrogen and oxygen atoms in total. The van der Waals surface area contributed by atoms with Gasteiger partial charge in [0.05, 0.1) is 10.6 Å². The first kappa shape index (κ1) is 19.7. The zero-order valence-corrected chi connectivity index (χ0v) is 16.9. The lowest BCUT2D eigenvalue weighted by Gasteiger charge is -2.12. The number of benzene rings is 2. The second-order valence-corrected chi connectivity index (χ2v) is 7.35. The minimum atomic E-state index is -0.0418. The predicted octanol–water partition coefficient (Wildman–Crippen LogP) is 4.83. The van der Waals surface area contributed by atoms with Gasteiger partial charge in [-0.3, -0.25) is 9.69 Å². The van der Waals surface area contributed by atoms with Gasteiger partial charge in [-0.05, 0) is 79.6 Å². The molecule has 0 atom stereocenters. The van der Waals surface area contributed by atoms with Crippen molar-refractivity contribution in [2.75, 3.05) is 13.2 Å². The van der Waals surface area contributed by atoms with Gasteiger partial charge in [0.2, 0.25) is 0 Å². The Bertz CT molecular complexity index is 988. The van der Waals surface area contributed by atoms with Crippen molar-refractivity contribution in [3.63, 3.8) is 0 Å². The summed E-state index contributed by atoms with van der Waals surface area (Å²) in [5.41, 5.74) is 4.13. The maximum absolute atomic E-state index is 12.8. The lowest BCUT2D eigenvalue weighted by Crippen LogP contribution is -2.28. The number of carbonyl (C=O) groups is 1. The smallest absolute Gasteiger partial charge is 0.266 e. The van der Waals surface area contributed by atoms with Crippen LogP contribution in [0.15, 0.2) is 52.4 Å². The van der Waals surface area contributed by atoms with Crippen molar-refractivity contribution < 1.29 is 9.53 Å². The van der Waals surface area contributed by atoms with Crippen molar-refractivity contribution in [2.24, 2.45) is 4.99 Å². The monoisotopic (exact) mass is 391 g/mol. The molecule has 1 aliphatic rings. The Morgan fingerprint density at radius 3 is 2.57 bits per heavy atom. The second kappa shape index (κ2) is 8.77. The van der Waals surface area contributed by atoms with Gasteiger partial charge in [0.25, 0.3) is 5.91 Å². The Morgan fingerprint density at radius 2 is 1.93 bits per heavy atom. The van der Waals surface area contributed by atoms with E-state index in [9.17, 15) is 4.79 Å². The average Bonchev–Trinajstić information content (AvgIpc) is 2.98.